The Morgan fingerprint density at radius 1 is 1.36 bits per heavy atom. The number of halogens is 1. The van der Waals surface area contributed by atoms with Crippen LogP contribution in [0.15, 0.2) is 36.4 Å². The Morgan fingerprint density at radius 3 is 2.86 bits per heavy atom. The van der Waals surface area contributed by atoms with Crippen molar-refractivity contribution in [3.05, 3.63) is 69.0 Å². The van der Waals surface area contributed by atoms with Crippen LogP contribution in [0.2, 0.25) is 0 Å². The zero-order valence-electron chi connectivity index (χ0n) is 15.8. The number of nitrogens with one attached hydrogen (secondary N) is 1. The molecule has 1 heterocycles. The van der Waals surface area contributed by atoms with Crippen molar-refractivity contribution in [2.75, 3.05) is 32.1 Å². The molecule has 0 radical (unpaired) electrons. The second-order valence-electron chi connectivity index (χ2n) is 6.68. The van der Waals surface area contributed by atoms with Gasteiger partial charge in [0, 0.05) is 31.8 Å². The van der Waals surface area contributed by atoms with Gasteiger partial charge in [-0.05, 0) is 48.7 Å². The van der Waals surface area contributed by atoms with Crippen molar-refractivity contribution in [1.29, 1.82) is 0 Å². The molecule has 1 unspecified atom stereocenters. The standard InChI is InChI=1S/C20H22FN3O4/c1-13-17-12-16(21)5-3-14(17)7-9-23(13)20(25)15-4-6-18(22-8-10-28-2)19(11-15)24(26)27/h3-6,11-13,22H,7-10H2,1-2H3. The zero-order valence-corrected chi connectivity index (χ0v) is 15.8. The number of amides is 1. The average molecular weight is 387 g/mol. The molecule has 1 N–H and O–H groups in total. The van der Waals surface area contributed by atoms with Crippen LogP contribution in [0.5, 0.6) is 0 Å². The van der Waals surface area contributed by atoms with Gasteiger partial charge < -0.3 is 15.0 Å². The van der Waals surface area contributed by atoms with Crippen LogP contribution in [-0.4, -0.2) is 42.5 Å². The molecular formula is C20H22FN3O4. The molecule has 1 atom stereocenters. The van der Waals surface area contributed by atoms with E-state index in [0.717, 1.165) is 11.1 Å². The van der Waals surface area contributed by atoms with Crippen molar-refractivity contribution in [2.45, 2.75) is 19.4 Å². The van der Waals surface area contributed by atoms with E-state index < -0.39 is 4.92 Å². The molecule has 2 aromatic carbocycles. The summed E-state index contributed by atoms with van der Waals surface area (Å²) in [5.74, 6) is -0.657. The van der Waals surface area contributed by atoms with Crippen LogP contribution >= 0.6 is 0 Å². The lowest BCUT2D eigenvalue weighted by Crippen LogP contribution is -2.39. The molecule has 8 heteroatoms. The van der Waals surface area contributed by atoms with Gasteiger partial charge in [0.05, 0.1) is 17.6 Å². The van der Waals surface area contributed by atoms with Crippen LogP contribution in [0.4, 0.5) is 15.8 Å². The molecule has 0 saturated heterocycles. The SMILES string of the molecule is COCCNc1ccc(C(=O)N2CCc3ccc(F)cc3C2C)cc1[N+](=O)[O-]. The Labute approximate surface area is 162 Å². The predicted molar refractivity (Wildman–Crippen MR) is 103 cm³/mol. The lowest BCUT2D eigenvalue weighted by Gasteiger charge is -2.35. The van der Waals surface area contributed by atoms with E-state index in [1.807, 2.05) is 6.92 Å². The fourth-order valence-electron chi connectivity index (χ4n) is 3.48. The monoisotopic (exact) mass is 387 g/mol. The van der Waals surface area contributed by atoms with Crippen LogP contribution in [0.1, 0.15) is 34.5 Å². The highest BCUT2D eigenvalue weighted by atomic mass is 19.1. The fourth-order valence-corrected chi connectivity index (χ4v) is 3.48. The largest absolute Gasteiger partial charge is 0.383 e. The fraction of sp³-hybridized carbons (Fsp3) is 0.350. The summed E-state index contributed by atoms with van der Waals surface area (Å²) < 4.78 is 18.6. The molecule has 0 bridgehead atoms. The molecule has 0 fully saturated rings. The van der Waals surface area contributed by atoms with Gasteiger partial charge in [-0.25, -0.2) is 4.39 Å². The number of nitrogens with zero attached hydrogens (tertiary/aromatic N) is 2. The number of rotatable bonds is 6. The number of hydrogen-bond donors (Lipinski definition) is 1. The molecule has 1 amide bonds. The Kier molecular flexibility index (Phi) is 5.89. The molecule has 1 aliphatic heterocycles. The van der Waals surface area contributed by atoms with Crippen molar-refractivity contribution >= 4 is 17.3 Å². The molecule has 0 spiro atoms. The van der Waals surface area contributed by atoms with E-state index >= 15 is 0 Å². The molecule has 7 nitrogen and oxygen atoms in total. The van der Waals surface area contributed by atoms with Crippen LogP contribution in [0.25, 0.3) is 0 Å². The lowest BCUT2D eigenvalue weighted by molar-refractivity contribution is -0.384. The van der Waals surface area contributed by atoms with Crippen molar-refractivity contribution in [3.63, 3.8) is 0 Å². The van der Waals surface area contributed by atoms with Crippen LogP contribution < -0.4 is 5.32 Å². The number of carbonyl (C=O) groups excluding carboxylic acids is 1. The topological polar surface area (TPSA) is 84.7 Å². The first kappa shape index (κ1) is 19.8. The Hall–Kier alpha value is -3.00. The van der Waals surface area contributed by atoms with Crippen molar-refractivity contribution < 1.29 is 18.8 Å². The highest BCUT2D eigenvalue weighted by molar-refractivity contribution is 5.96. The maximum atomic E-state index is 13.6. The summed E-state index contributed by atoms with van der Waals surface area (Å²) in [6.45, 7) is 3.12. The maximum Gasteiger partial charge on any atom is 0.293 e. The molecule has 148 valence electrons. The molecule has 3 rings (SSSR count). The quantitative estimate of drug-likeness (QED) is 0.465. The minimum Gasteiger partial charge on any atom is -0.383 e. The van der Waals surface area contributed by atoms with Gasteiger partial charge in [0.1, 0.15) is 11.5 Å². The molecular weight excluding hydrogens is 365 g/mol. The normalized spacial score (nSPS) is 15.8. The van der Waals surface area contributed by atoms with Gasteiger partial charge in [-0.1, -0.05) is 6.07 Å². The minimum atomic E-state index is -0.518. The number of hydrogen-bond acceptors (Lipinski definition) is 5. The smallest absolute Gasteiger partial charge is 0.293 e. The third-order valence-electron chi connectivity index (χ3n) is 4.97. The van der Waals surface area contributed by atoms with Crippen molar-refractivity contribution in [1.82, 2.24) is 4.90 Å². The van der Waals surface area contributed by atoms with Gasteiger partial charge >= 0.3 is 0 Å². The van der Waals surface area contributed by atoms with Gasteiger partial charge in [-0.3, -0.25) is 14.9 Å². The first-order valence-corrected chi connectivity index (χ1v) is 9.03. The van der Waals surface area contributed by atoms with Crippen LogP contribution in [0.3, 0.4) is 0 Å². The summed E-state index contributed by atoms with van der Waals surface area (Å²) in [7, 11) is 1.54. The number of nitro groups is 1. The minimum absolute atomic E-state index is 0.168. The summed E-state index contributed by atoms with van der Waals surface area (Å²) in [4.78, 5) is 25.6. The Balaban J connectivity index is 1.86. The van der Waals surface area contributed by atoms with Crippen LogP contribution in [0, 0.1) is 15.9 Å². The van der Waals surface area contributed by atoms with Crippen molar-refractivity contribution in [2.24, 2.45) is 0 Å². The number of carbonyl (C=O) groups is 1. The highest BCUT2D eigenvalue weighted by Gasteiger charge is 2.29. The van der Waals surface area contributed by atoms with E-state index in [4.69, 9.17) is 4.74 Å². The van der Waals surface area contributed by atoms with E-state index in [2.05, 4.69) is 5.32 Å². The molecule has 2 aromatic rings. The molecule has 0 aromatic heterocycles. The molecule has 1 aliphatic rings. The maximum absolute atomic E-state index is 13.6. The Morgan fingerprint density at radius 2 is 2.14 bits per heavy atom. The summed E-state index contributed by atoms with van der Waals surface area (Å²) in [5.41, 5.74) is 2.18. The first-order chi connectivity index (χ1) is 13.4. The number of nitro benzene ring substituents is 1. The zero-order chi connectivity index (χ0) is 20.3. The third kappa shape index (κ3) is 3.96. The summed E-state index contributed by atoms with van der Waals surface area (Å²) >= 11 is 0. The van der Waals surface area contributed by atoms with Gasteiger partial charge in [0.2, 0.25) is 0 Å². The molecule has 0 saturated carbocycles. The van der Waals surface area contributed by atoms with Crippen molar-refractivity contribution in [3.8, 4) is 0 Å². The second-order valence-corrected chi connectivity index (χ2v) is 6.68. The highest BCUT2D eigenvalue weighted by Crippen LogP contribution is 2.32. The number of anilines is 1. The Bertz CT molecular complexity index is 903. The first-order valence-electron chi connectivity index (χ1n) is 9.03. The molecule has 28 heavy (non-hydrogen) atoms. The second kappa shape index (κ2) is 8.35. The van der Waals surface area contributed by atoms with E-state index in [9.17, 15) is 19.3 Å². The van der Waals surface area contributed by atoms with Gasteiger partial charge in [0.15, 0.2) is 0 Å². The van der Waals surface area contributed by atoms with E-state index in [1.54, 1.807) is 24.1 Å². The predicted octanol–water partition coefficient (Wildman–Crippen LogP) is 3.55. The van der Waals surface area contributed by atoms with Gasteiger partial charge in [-0.15, -0.1) is 0 Å². The summed E-state index contributed by atoms with van der Waals surface area (Å²) in [6.07, 6.45) is 0.616. The molecule has 0 aliphatic carbocycles. The number of benzene rings is 2. The average Bonchev–Trinajstić information content (AvgIpc) is 2.68. The number of methoxy groups -OCH3 is 1. The summed E-state index contributed by atoms with van der Waals surface area (Å²) in [5, 5.41) is 14.4. The van der Waals surface area contributed by atoms with Gasteiger partial charge in [-0.2, -0.15) is 0 Å². The van der Waals surface area contributed by atoms with E-state index in [0.29, 0.717) is 31.8 Å². The number of ether oxygens (including phenoxy) is 1. The number of fused-ring (bicyclic) bond motifs is 1. The van der Waals surface area contributed by atoms with Crippen LogP contribution in [-0.2, 0) is 11.2 Å². The van der Waals surface area contributed by atoms with Gasteiger partial charge in [0.25, 0.3) is 11.6 Å². The summed E-state index contributed by atoms with van der Waals surface area (Å²) in [6, 6.07) is 8.68. The third-order valence-corrected chi connectivity index (χ3v) is 4.97. The van der Waals surface area contributed by atoms with E-state index in [1.165, 1.54) is 24.3 Å². The van der Waals surface area contributed by atoms with E-state index in [-0.39, 0.29) is 29.0 Å². The lowest BCUT2D eigenvalue weighted by atomic mass is 9.93.